The first kappa shape index (κ1) is 16.7. The summed E-state index contributed by atoms with van der Waals surface area (Å²) >= 11 is 0. The molecule has 0 aliphatic carbocycles. The van der Waals surface area contributed by atoms with Gasteiger partial charge in [-0.1, -0.05) is 0 Å². The topological polar surface area (TPSA) is 67.6 Å². The first-order chi connectivity index (χ1) is 8.11. The van der Waals surface area contributed by atoms with Crippen molar-refractivity contribution in [1.29, 1.82) is 0 Å². The predicted molar refractivity (Wildman–Crippen MR) is 75.4 cm³/mol. The summed E-state index contributed by atoms with van der Waals surface area (Å²) in [5.41, 5.74) is 6.09. The molecule has 0 spiro atoms. The Labute approximate surface area is 114 Å². The van der Waals surface area contributed by atoms with E-state index in [9.17, 15) is 4.79 Å². The Morgan fingerprint density at radius 2 is 1.94 bits per heavy atom. The van der Waals surface area contributed by atoms with Crippen LogP contribution >= 0.6 is 12.4 Å². The van der Waals surface area contributed by atoms with E-state index in [1.807, 2.05) is 19.0 Å². The molecule has 0 saturated heterocycles. The van der Waals surface area contributed by atoms with Crippen molar-refractivity contribution in [3.63, 3.8) is 0 Å². The molecular weight excluding hydrogens is 254 g/mol. The zero-order chi connectivity index (χ0) is 12.7. The van der Waals surface area contributed by atoms with Crippen LogP contribution in [0, 0.1) is 0 Å². The van der Waals surface area contributed by atoms with E-state index in [-0.39, 0.29) is 18.3 Å². The number of benzene rings is 1. The Morgan fingerprint density at radius 3 is 2.44 bits per heavy atom. The van der Waals surface area contributed by atoms with E-state index < -0.39 is 0 Å². The van der Waals surface area contributed by atoms with Gasteiger partial charge < -0.3 is 20.7 Å². The molecule has 1 rings (SSSR count). The van der Waals surface area contributed by atoms with Gasteiger partial charge in [0.2, 0.25) is 5.91 Å². The third-order valence-corrected chi connectivity index (χ3v) is 1.98. The van der Waals surface area contributed by atoms with Crippen LogP contribution in [0.5, 0.6) is 5.75 Å². The zero-order valence-electron chi connectivity index (χ0n) is 10.7. The number of nitrogens with zero attached hydrogens (tertiary/aromatic N) is 1. The van der Waals surface area contributed by atoms with E-state index in [1.54, 1.807) is 24.3 Å². The average Bonchev–Trinajstić information content (AvgIpc) is 2.27. The van der Waals surface area contributed by atoms with Gasteiger partial charge in [-0.05, 0) is 38.4 Å². The number of nitrogens with one attached hydrogen (secondary N) is 1. The third-order valence-electron chi connectivity index (χ3n) is 1.98. The molecule has 0 atom stereocenters. The number of anilines is 1. The fourth-order valence-electron chi connectivity index (χ4n) is 1.30. The summed E-state index contributed by atoms with van der Waals surface area (Å²) in [7, 11) is 3.70. The molecular formula is C12H20ClN3O2. The van der Waals surface area contributed by atoms with Crippen molar-refractivity contribution >= 4 is 24.0 Å². The van der Waals surface area contributed by atoms with Crippen LogP contribution in [0.4, 0.5) is 5.69 Å². The molecule has 1 amide bonds. The fraction of sp³-hybridized carbons (Fsp3) is 0.417. The highest BCUT2D eigenvalue weighted by Gasteiger charge is 2.03. The van der Waals surface area contributed by atoms with Gasteiger partial charge in [-0.2, -0.15) is 0 Å². The summed E-state index contributed by atoms with van der Waals surface area (Å²) in [6.07, 6.45) is 0. The number of carbonyl (C=O) groups excluding carboxylic acids is 1. The number of likely N-dealkylation sites (N-methyl/N-ethyl adjacent to an activating group) is 1. The molecule has 5 nitrogen and oxygen atoms in total. The summed E-state index contributed by atoms with van der Waals surface area (Å²) in [6.45, 7) is 1.35. The Bertz CT molecular complexity index is 355. The first-order valence-electron chi connectivity index (χ1n) is 5.49. The van der Waals surface area contributed by atoms with Gasteiger partial charge in [0.1, 0.15) is 12.4 Å². The second-order valence-corrected chi connectivity index (χ2v) is 3.95. The van der Waals surface area contributed by atoms with Gasteiger partial charge in [-0.3, -0.25) is 4.79 Å². The number of hydrogen-bond donors (Lipinski definition) is 2. The minimum atomic E-state index is -0.0365. The minimum absolute atomic E-state index is 0. The van der Waals surface area contributed by atoms with E-state index >= 15 is 0 Å². The van der Waals surface area contributed by atoms with Crippen LogP contribution < -0.4 is 15.8 Å². The highest BCUT2D eigenvalue weighted by Crippen LogP contribution is 2.15. The van der Waals surface area contributed by atoms with Gasteiger partial charge in [0.25, 0.3) is 0 Å². The molecule has 1 aromatic carbocycles. The van der Waals surface area contributed by atoms with Crippen molar-refractivity contribution in [3.8, 4) is 5.75 Å². The highest BCUT2D eigenvalue weighted by atomic mass is 35.5. The van der Waals surface area contributed by atoms with Crippen LogP contribution in [0.2, 0.25) is 0 Å². The van der Waals surface area contributed by atoms with Gasteiger partial charge in [0.15, 0.2) is 0 Å². The third kappa shape index (κ3) is 6.44. The van der Waals surface area contributed by atoms with Crippen LogP contribution in [0.3, 0.4) is 0 Å². The highest BCUT2D eigenvalue weighted by molar-refractivity contribution is 5.92. The number of hydrogen-bond acceptors (Lipinski definition) is 4. The van der Waals surface area contributed by atoms with Crippen LogP contribution in [0.25, 0.3) is 0 Å². The monoisotopic (exact) mass is 273 g/mol. The lowest BCUT2D eigenvalue weighted by molar-refractivity contribution is -0.116. The molecule has 0 aliphatic rings. The molecule has 0 aliphatic heterocycles. The number of carbonyl (C=O) groups is 1. The number of ether oxygens (including phenoxy) is 1. The summed E-state index contributed by atoms with van der Waals surface area (Å²) in [6, 6.07) is 7.22. The minimum Gasteiger partial charge on any atom is -0.492 e. The molecule has 1 aromatic rings. The van der Waals surface area contributed by atoms with E-state index in [0.29, 0.717) is 19.7 Å². The van der Waals surface area contributed by atoms with Crippen molar-refractivity contribution in [2.24, 2.45) is 5.73 Å². The normalized spacial score (nSPS) is 9.78. The molecule has 0 aromatic heterocycles. The van der Waals surface area contributed by atoms with Crippen molar-refractivity contribution in [2.75, 3.05) is 39.1 Å². The zero-order valence-corrected chi connectivity index (χ0v) is 11.5. The van der Waals surface area contributed by atoms with Crippen molar-refractivity contribution in [3.05, 3.63) is 24.3 Å². The lowest BCUT2D eigenvalue weighted by atomic mass is 10.3. The Kier molecular flexibility index (Phi) is 8.11. The van der Waals surface area contributed by atoms with Crippen LogP contribution in [-0.2, 0) is 4.79 Å². The molecule has 0 radical (unpaired) electrons. The molecule has 0 fully saturated rings. The largest absolute Gasteiger partial charge is 0.492 e. The Morgan fingerprint density at radius 1 is 1.33 bits per heavy atom. The smallest absolute Gasteiger partial charge is 0.238 e. The Hall–Kier alpha value is -1.30. The number of halogens is 1. The van der Waals surface area contributed by atoms with Crippen LogP contribution in [0.1, 0.15) is 0 Å². The van der Waals surface area contributed by atoms with Crippen molar-refractivity contribution < 1.29 is 9.53 Å². The van der Waals surface area contributed by atoms with Gasteiger partial charge in [-0.25, -0.2) is 0 Å². The van der Waals surface area contributed by atoms with Gasteiger partial charge in [0.05, 0.1) is 6.54 Å². The van der Waals surface area contributed by atoms with Crippen molar-refractivity contribution in [1.82, 2.24) is 4.90 Å². The lowest BCUT2D eigenvalue weighted by Crippen LogP contribution is -2.27. The van der Waals surface area contributed by atoms with Gasteiger partial charge in [0, 0.05) is 12.2 Å². The van der Waals surface area contributed by atoms with Gasteiger partial charge >= 0.3 is 0 Å². The summed E-state index contributed by atoms with van der Waals surface area (Å²) in [4.78, 5) is 13.3. The molecule has 0 unspecified atom stereocenters. The maximum Gasteiger partial charge on any atom is 0.238 e. The lowest BCUT2D eigenvalue weighted by Gasteiger charge is -2.10. The molecule has 102 valence electrons. The summed E-state index contributed by atoms with van der Waals surface area (Å²) < 4.78 is 5.33. The predicted octanol–water partition coefficient (Wildman–Crippen LogP) is 0.946. The molecule has 18 heavy (non-hydrogen) atoms. The van der Waals surface area contributed by atoms with Crippen LogP contribution in [0.15, 0.2) is 24.3 Å². The second kappa shape index (κ2) is 8.74. The molecule has 0 saturated carbocycles. The molecule has 3 N–H and O–H groups in total. The van der Waals surface area contributed by atoms with Crippen LogP contribution in [-0.4, -0.2) is 44.6 Å². The van der Waals surface area contributed by atoms with Gasteiger partial charge in [-0.15, -0.1) is 12.4 Å². The molecule has 0 bridgehead atoms. The summed E-state index contributed by atoms with van der Waals surface area (Å²) in [5, 5.41) is 2.80. The SMILES string of the molecule is CN(C)CC(=O)Nc1ccc(OCCN)cc1.Cl. The van der Waals surface area contributed by atoms with Crippen molar-refractivity contribution in [2.45, 2.75) is 0 Å². The van der Waals surface area contributed by atoms with E-state index in [2.05, 4.69) is 5.32 Å². The van der Waals surface area contributed by atoms with E-state index in [0.717, 1.165) is 11.4 Å². The summed E-state index contributed by atoms with van der Waals surface area (Å²) in [5.74, 6) is 0.715. The molecule has 0 heterocycles. The Balaban J connectivity index is 0.00000289. The standard InChI is InChI=1S/C12H19N3O2.ClH/c1-15(2)9-12(16)14-10-3-5-11(6-4-10)17-8-7-13;/h3-6H,7-9,13H2,1-2H3,(H,14,16);1H. The van der Waals surface area contributed by atoms with E-state index in [4.69, 9.17) is 10.5 Å². The van der Waals surface area contributed by atoms with E-state index in [1.165, 1.54) is 0 Å². The fourth-order valence-corrected chi connectivity index (χ4v) is 1.30. The number of nitrogens with two attached hydrogens (primary N) is 1. The number of rotatable bonds is 6. The average molecular weight is 274 g/mol. The maximum atomic E-state index is 11.5. The maximum absolute atomic E-state index is 11.5. The second-order valence-electron chi connectivity index (χ2n) is 3.95. The quantitative estimate of drug-likeness (QED) is 0.810. The number of amides is 1. The molecule has 6 heteroatoms. The first-order valence-corrected chi connectivity index (χ1v) is 5.49.